The monoisotopic (exact) mass is 370 g/mol. The number of carbonyl (C=O) groups is 1. The largest absolute Gasteiger partial charge is 0.507 e. The van der Waals surface area contributed by atoms with E-state index in [4.69, 9.17) is 23.2 Å². The van der Waals surface area contributed by atoms with Crippen molar-refractivity contribution < 1.29 is 9.90 Å². The molecule has 0 amide bonds. The van der Waals surface area contributed by atoms with Crippen molar-refractivity contribution in [2.24, 2.45) is 0 Å². The van der Waals surface area contributed by atoms with E-state index in [0.717, 1.165) is 10.0 Å². The molecule has 0 aromatic heterocycles. The van der Waals surface area contributed by atoms with Gasteiger partial charge >= 0.3 is 0 Å². The molecule has 2 rings (SSSR count). The van der Waals surface area contributed by atoms with Crippen LogP contribution in [0.3, 0.4) is 0 Å². The summed E-state index contributed by atoms with van der Waals surface area (Å²) in [5, 5.41) is 10.6. The molecule has 0 heterocycles. The minimum absolute atomic E-state index is 0.107. The van der Waals surface area contributed by atoms with Crippen LogP contribution >= 0.6 is 39.1 Å². The van der Waals surface area contributed by atoms with Crippen LogP contribution < -0.4 is 0 Å². The van der Waals surface area contributed by atoms with Crippen LogP contribution in [0.2, 0.25) is 10.0 Å². The number of phenols is 1. The highest BCUT2D eigenvalue weighted by Crippen LogP contribution is 2.30. The van der Waals surface area contributed by atoms with E-state index in [-0.39, 0.29) is 11.3 Å². The van der Waals surface area contributed by atoms with Crippen LogP contribution in [0, 0.1) is 0 Å². The molecule has 0 unspecified atom stereocenters. The molecule has 2 aromatic rings. The van der Waals surface area contributed by atoms with Crippen LogP contribution in [0.15, 0.2) is 34.8 Å². The van der Waals surface area contributed by atoms with E-state index in [1.807, 2.05) is 18.2 Å². The summed E-state index contributed by atoms with van der Waals surface area (Å²) in [6.45, 7) is 0. The number of benzene rings is 2. The number of halogens is 3. The van der Waals surface area contributed by atoms with Gasteiger partial charge in [-0.15, -0.1) is 0 Å². The lowest BCUT2D eigenvalue weighted by atomic mass is 10.1. The molecular weight excluding hydrogens is 363 g/mol. The molecule has 2 aromatic carbocycles. The Kier molecular flexibility index (Phi) is 4.86. The molecular formula is C15H9BrCl2O2. The fourth-order valence-corrected chi connectivity index (χ4v) is 2.45. The van der Waals surface area contributed by atoms with Crippen molar-refractivity contribution in [3.05, 3.63) is 61.5 Å². The van der Waals surface area contributed by atoms with E-state index in [1.165, 1.54) is 12.1 Å². The van der Waals surface area contributed by atoms with Crippen molar-refractivity contribution >= 4 is 57.6 Å². The van der Waals surface area contributed by atoms with E-state index in [1.54, 1.807) is 12.2 Å². The van der Waals surface area contributed by atoms with Gasteiger partial charge in [0.05, 0.1) is 10.6 Å². The van der Waals surface area contributed by atoms with E-state index in [2.05, 4.69) is 15.9 Å². The summed E-state index contributed by atoms with van der Waals surface area (Å²) in [5.74, 6) is -0.107. The third-order valence-electron chi connectivity index (χ3n) is 2.70. The van der Waals surface area contributed by atoms with Gasteiger partial charge in [0.1, 0.15) is 5.75 Å². The molecule has 0 spiro atoms. The topological polar surface area (TPSA) is 37.3 Å². The second-order valence-electron chi connectivity index (χ2n) is 4.03. The first-order valence-electron chi connectivity index (χ1n) is 5.62. The minimum Gasteiger partial charge on any atom is -0.507 e. The van der Waals surface area contributed by atoms with Gasteiger partial charge in [-0.2, -0.15) is 0 Å². The van der Waals surface area contributed by atoms with Gasteiger partial charge in [-0.05, 0) is 45.3 Å². The fraction of sp³-hybridized carbons (Fsp3) is 0. The minimum atomic E-state index is -0.107. The van der Waals surface area contributed by atoms with Crippen molar-refractivity contribution in [2.45, 2.75) is 0 Å². The zero-order valence-electron chi connectivity index (χ0n) is 10.1. The van der Waals surface area contributed by atoms with Gasteiger partial charge < -0.3 is 5.11 Å². The third kappa shape index (κ3) is 3.23. The zero-order chi connectivity index (χ0) is 14.7. The third-order valence-corrected chi connectivity index (χ3v) is 4.34. The first kappa shape index (κ1) is 15.1. The molecule has 0 atom stereocenters. The van der Waals surface area contributed by atoms with Gasteiger partial charge in [-0.1, -0.05) is 47.5 Å². The lowest BCUT2D eigenvalue weighted by Crippen LogP contribution is -1.84. The average molecular weight is 372 g/mol. The summed E-state index contributed by atoms with van der Waals surface area (Å²) in [6.07, 6.45) is 4.07. The Hall–Kier alpha value is -1.29. The van der Waals surface area contributed by atoms with Gasteiger partial charge in [0.15, 0.2) is 6.29 Å². The molecule has 0 aliphatic carbocycles. The van der Waals surface area contributed by atoms with Crippen molar-refractivity contribution in [1.82, 2.24) is 0 Å². The Morgan fingerprint density at radius 3 is 2.45 bits per heavy atom. The highest BCUT2D eigenvalue weighted by Gasteiger charge is 2.06. The van der Waals surface area contributed by atoms with Crippen molar-refractivity contribution in [1.29, 1.82) is 0 Å². The van der Waals surface area contributed by atoms with Crippen LogP contribution in [-0.4, -0.2) is 11.4 Å². The maximum Gasteiger partial charge on any atom is 0.153 e. The van der Waals surface area contributed by atoms with Crippen LogP contribution in [0.4, 0.5) is 0 Å². The fourth-order valence-electron chi connectivity index (χ4n) is 1.64. The summed E-state index contributed by atoms with van der Waals surface area (Å²) < 4.78 is 0.798. The number of phenolic OH excluding ortho intramolecular Hbond substituents is 1. The zero-order valence-corrected chi connectivity index (χ0v) is 13.2. The normalized spacial score (nSPS) is 10.9. The molecule has 5 heteroatoms. The number of hydrogen-bond acceptors (Lipinski definition) is 2. The van der Waals surface area contributed by atoms with E-state index < -0.39 is 0 Å². The van der Waals surface area contributed by atoms with Crippen molar-refractivity contribution in [3.63, 3.8) is 0 Å². The smallest absolute Gasteiger partial charge is 0.153 e. The molecule has 0 aliphatic heterocycles. The molecule has 20 heavy (non-hydrogen) atoms. The van der Waals surface area contributed by atoms with Gasteiger partial charge in [0, 0.05) is 9.50 Å². The number of hydrogen-bond donors (Lipinski definition) is 1. The van der Waals surface area contributed by atoms with E-state index >= 15 is 0 Å². The van der Waals surface area contributed by atoms with Crippen LogP contribution in [0.1, 0.15) is 21.5 Å². The number of aromatic hydroxyl groups is 1. The molecule has 0 aliphatic rings. The van der Waals surface area contributed by atoms with E-state index in [0.29, 0.717) is 21.9 Å². The molecule has 0 radical (unpaired) electrons. The lowest BCUT2D eigenvalue weighted by Gasteiger charge is -2.04. The Labute approximate surface area is 134 Å². The first-order chi connectivity index (χ1) is 9.52. The summed E-state index contributed by atoms with van der Waals surface area (Å²) in [7, 11) is 0. The van der Waals surface area contributed by atoms with Crippen LogP contribution in [0.25, 0.3) is 12.2 Å². The van der Waals surface area contributed by atoms with Gasteiger partial charge in [0.2, 0.25) is 0 Å². The van der Waals surface area contributed by atoms with Crippen molar-refractivity contribution in [3.8, 4) is 5.75 Å². The van der Waals surface area contributed by atoms with Gasteiger partial charge in [-0.3, -0.25) is 4.79 Å². The molecule has 1 N–H and O–H groups in total. The average Bonchev–Trinajstić information content (AvgIpc) is 2.43. The molecule has 2 nitrogen and oxygen atoms in total. The summed E-state index contributed by atoms with van der Waals surface area (Å²) in [5.41, 5.74) is 1.58. The van der Waals surface area contributed by atoms with Crippen LogP contribution in [0.5, 0.6) is 5.75 Å². The number of aldehydes is 1. The second kappa shape index (κ2) is 6.44. The molecule has 102 valence electrons. The van der Waals surface area contributed by atoms with Gasteiger partial charge in [-0.25, -0.2) is 0 Å². The predicted octanol–water partition coefficient (Wildman–Crippen LogP) is 5.44. The van der Waals surface area contributed by atoms with Crippen molar-refractivity contribution in [2.75, 3.05) is 0 Å². The Balaban J connectivity index is 2.39. The first-order valence-corrected chi connectivity index (χ1v) is 7.17. The highest BCUT2D eigenvalue weighted by atomic mass is 79.9. The second-order valence-corrected chi connectivity index (χ2v) is 5.67. The molecule has 0 saturated heterocycles. The molecule has 0 saturated carbocycles. The Bertz CT molecular complexity index is 697. The number of carbonyl (C=O) groups excluding carboxylic acids is 1. The lowest BCUT2D eigenvalue weighted by molar-refractivity contribution is 0.112. The predicted molar refractivity (Wildman–Crippen MR) is 86.6 cm³/mol. The Morgan fingerprint density at radius 1 is 1.05 bits per heavy atom. The molecule has 0 bridgehead atoms. The Morgan fingerprint density at radius 2 is 1.75 bits per heavy atom. The quantitative estimate of drug-likeness (QED) is 0.575. The number of rotatable bonds is 3. The maximum atomic E-state index is 10.7. The summed E-state index contributed by atoms with van der Waals surface area (Å²) in [4.78, 5) is 10.7. The van der Waals surface area contributed by atoms with E-state index in [9.17, 15) is 9.90 Å². The summed E-state index contributed by atoms with van der Waals surface area (Å²) >= 11 is 15.6. The SMILES string of the molecule is O=Cc1cc(Cl)c(/C=C/c2cccc(Br)c2Cl)cc1O. The molecule has 0 fully saturated rings. The summed E-state index contributed by atoms with van der Waals surface area (Å²) in [6, 6.07) is 8.43. The highest BCUT2D eigenvalue weighted by molar-refractivity contribution is 9.10. The standard InChI is InChI=1S/C15H9BrCl2O2/c16-12-3-1-2-9(15(12)18)4-5-10-7-14(20)11(8-19)6-13(10)17/h1-8,20H/b5-4+. The van der Waals surface area contributed by atoms with Crippen LogP contribution in [-0.2, 0) is 0 Å². The van der Waals surface area contributed by atoms with Gasteiger partial charge in [0.25, 0.3) is 0 Å². The maximum absolute atomic E-state index is 10.7.